The van der Waals surface area contributed by atoms with Gasteiger partial charge >= 0.3 is 0 Å². The van der Waals surface area contributed by atoms with Crippen molar-refractivity contribution in [3.8, 4) is 23.5 Å². The summed E-state index contributed by atoms with van der Waals surface area (Å²) in [6, 6.07) is 15.5. The maximum Gasteiger partial charge on any atom is 0.257 e. The molecule has 3 rings (SSSR count). The zero-order valence-electron chi connectivity index (χ0n) is 17.1. The summed E-state index contributed by atoms with van der Waals surface area (Å²) in [6.07, 6.45) is 6.78. The molecule has 0 unspecified atom stereocenters. The number of hydrogen-bond donors (Lipinski definition) is 3. The molecule has 0 radical (unpaired) electrons. The van der Waals surface area contributed by atoms with E-state index < -0.39 is 11.8 Å². The maximum atomic E-state index is 12.9. The molecule has 0 spiro atoms. The molecule has 1 heterocycles. The van der Waals surface area contributed by atoms with Gasteiger partial charge in [-0.1, -0.05) is 36.3 Å². The zero-order chi connectivity index (χ0) is 22.5. The zero-order valence-corrected chi connectivity index (χ0v) is 17.1. The molecule has 0 aliphatic carbocycles. The van der Waals surface area contributed by atoms with Crippen LogP contribution in [-0.2, 0) is 0 Å². The monoisotopic (exact) mass is 411 g/mol. The van der Waals surface area contributed by atoms with Crippen molar-refractivity contribution in [1.29, 1.82) is 5.41 Å². The maximum absolute atomic E-state index is 12.9. The van der Waals surface area contributed by atoms with Crippen LogP contribution in [0, 0.1) is 17.8 Å². The van der Waals surface area contributed by atoms with Gasteiger partial charge in [-0.2, -0.15) is 0 Å². The summed E-state index contributed by atoms with van der Waals surface area (Å²) < 4.78 is 0. The Balaban J connectivity index is 1.93. The van der Waals surface area contributed by atoms with Crippen molar-refractivity contribution in [1.82, 2.24) is 9.88 Å². The molecule has 0 aliphatic heterocycles. The van der Waals surface area contributed by atoms with Crippen LogP contribution in [0.1, 0.15) is 31.8 Å². The Morgan fingerprint density at radius 3 is 2.26 bits per heavy atom. The van der Waals surface area contributed by atoms with Crippen molar-refractivity contribution in [2.24, 2.45) is 5.73 Å². The molecule has 0 fully saturated rings. The largest absolute Gasteiger partial charge is 0.366 e. The van der Waals surface area contributed by atoms with E-state index in [-0.39, 0.29) is 11.1 Å². The Morgan fingerprint density at radius 1 is 1.03 bits per heavy atom. The number of amides is 2. The van der Waals surface area contributed by atoms with E-state index in [4.69, 9.17) is 17.6 Å². The highest BCUT2D eigenvalue weighted by Gasteiger charge is 2.17. The van der Waals surface area contributed by atoms with Crippen LogP contribution in [0.5, 0.6) is 0 Å². The van der Waals surface area contributed by atoms with Crippen LogP contribution in [0.3, 0.4) is 0 Å². The first-order valence-corrected chi connectivity index (χ1v) is 9.34. The number of carbonyl (C=O) groups excluding carboxylic acids is 2. The Labute approximate surface area is 180 Å². The third-order valence-corrected chi connectivity index (χ3v) is 4.64. The molecule has 0 bridgehead atoms. The molecular weight excluding hydrogens is 390 g/mol. The van der Waals surface area contributed by atoms with Crippen molar-refractivity contribution in [2.75, 3.05) is 19.4 Å². The van der Waals surface area contributed by atoms with E-state index in [9.17, 15) is 9.59 Å². The molecule has 31 heavy (non-hydrogen) atoms. The molecule has 2 amide bonds. The summed E-state index contributed by atoms with van der Waals surface area (Å²) in [4.78, 5) is 30.5. The van der Waals surface area contributed by atoms with E-state index in [1.165, 1.54) is 12.3 Å². The number of benzene rings is 2. The van der Waals surface area contributed by atoms with Gasteiger partial charge in [-0.25, -0.2) is 4.98 Å². The molecule has 7 nitrogen and oxygen atoms in total. The molecule has 4 N–H and O–H groups in total. The van der Waals surface area contributed by atoms with Gasteiger partial charge in [0.1, 0.15) is 11.7 Å². The highest BCUT2D eigenvalue weighted by molar-refractivity contribution is 6.12. The predicted molar refractivity (Wildman–Crippen MR) is 121 cm³/mol. The first-order chi connectivity index (χ1) is 14.8. The van der Waals surface area contributed by atoms with E-state index in [0.29, 0.717) is 17.2 Å². The number of anilines is 1. The fourth-order valence-electron chi connectivity index (χ4n) is 2.94. The lowest BCUT2D eigenvalue weighted by Gasteiger charge is -2.14. The van der Waals surface area contributed by atoms with E-state index in [1.807, 2.05) is 24.3 Å². The highest BCUT2D eigenvalue weighted by atomic mass is 16.2. The van der Waals surface area contributed by atoms with Gasteiger partial charge in [0.05, 0.1) is 11.1 Å². The molecule has 2 aromatic carbocycles. The Kier molecular flexibility index (Phi) is 6.13. The van der Waals surface area contributed by atoms with Crippen LogP contribution in [0.25, 0.3) is 11.1 Å². The molecule has 154 valence electrons. The third-order valence-electron chi connectivity index (χ3n) is 4.64. The number of amidine groups is 1. The summed E-state index contributed by atoms with van der Waals surface area (Å²) in [5.74, 6) is 1.93. The Bertz CT molecular complexity index is 1190. The SMILES string of the molecule is C#Cc1ccc(NC(=O)c2cc(-c3ccc(C(=N)N(C)C)cc3)ccc2C(N)=O)nc1. The molecule has 0 atom stereocenters. The smallest absolute Gasteiger partial charge is 0.257 e. The predicted octanol–water partition coefficient (Wildman–Crippen LogP) is 2.97. The van der Waals surface area contributed by atoms with Crippen LogP contribution in [0.2, 0.25) is 0 Å². The standard InChI is InChI=1S/C24H21N5O2/c1-4-15-5-12-21(27-14-15)28-24(31)20-13-18(10-11-19(20)23(26)30)16-6-8-17(9-7-16)22(25)29(2)3/h1,5-14,25H,2-3H3,(H2,26,30)(H,27,28,31). The summed E-state index contributed by atoms with van der Waals surface area (Å²) in [5, 5.41) is 10.7. The van der Waals surface area contributed by atoms with Crippen LogP contribution >= 0.6 is 0 Å². The van der Waals surface area contributed by atoms with Gasteiger partial charge in [0, 0.05) is 31.4 Å². The summed E-state index contributed by atoms with van der Waals surface area (Å²) in [7, 11) is 3.61. The number of nitrogens with zero attached hydrogens (tertiary/aromatic N) is 2. The molecule has 7 heteroatoms. The third kappa shape index (κ3) is 4.77. The average molecular weight is 411 g/mol. The minimum absolute atomic E-state index is 0.104. The number of carbonyl (C=O) groups is 2. The molecule has 0 saturated heterocycles. The van der Waals surface area contributed by atoms with Gasteiger partial charge in [0.15, 0.2) is 0 Å². The van der Waals surface area contributed by atoms with Crippen molar-refractivity contribution < 1.29 is 9.59 Å². The summed E-state index contributed by atoms with van der Waals surface area (Å²) in [5.41, 5.74) is 8.62. The normalized spacial score (nSPS) is 10.1. The molecule has 1 aromatic heterocycles. The fraction of sp³-hybridized carbons (Fsp3) is 0.0833. The quantitative estimate of drug-likeness (QED) is 0.340. The van der Waals surface area contributed by atoms with Crippen molar-refractivity contribution in [3.05, 3.63) is 83.0 Å². The minimum Gasteiger partial charge on any atom is -0.366 e. The topological polar surface area (TPSA) is 112 Å². The first kappa shape index (κ1) is 21.3. The van der Waals surface area contributed by atoms with Crippen molar-refractivity contribution in [3.63, 3.8) is 0 Å². The first-order valence-electron chi connectivity index (χ1n) is 9.34. The number of nitrogens with one attached hydrogen (secondary N) is 2. The minimum atomic E-state index is -0.706. The summed E-state index contributed by atoms with van der Waals surface area (Å²) in [6.45, 7) is 0. The van der Waals surface area contributed by atoms with E-state index in [0.717, 1.165) is 16.7 Å². The number of nitrogens with two attached hydrogens (primary N) is 1. The van der Waals surface area contributed by atoms with Crippen LogP contribution in [0.15, 0.2) is 60.8 Å². The van der Waals surface area contributed by atoms with Gasteiger partial charge < -0.3 is 16.0 Å². The second-order valence-corrected chi connectivity index (χ2v) is 6.98. The van der Waals surface area contributed by atoms with Crippen LogP contribution in [0.4, 0.5) is 5.82 Å². The molecular formula is C24H21N5O2. The Hall–Kier alpha value is -4.44. The van der Waals surface area contributed by atoms with Crippen molar-refractivity contribution in [2.45, 2.75) is 0 Å². The number of terminal acetylenes is 1. The summed E-state index contributed by atoms with van der Waals surface area (Å²) >= 11 is 0. The lowest BCUT2D eigenvalue weighted by molar-refractivity contribution is 0.0977. The van der Waals surface area contributed by atoms with Gasteiger partial charge in [-0.05, 0) is 35.4 Å². The lowest BCUT2D eigenvalue weighted by atomic mass is 9.97. The number of hydrogen-bond acceptors (Lipinski definition) is 4. The molecule has 0 aliphatic rings. The second-order valence-electron chi connectivity index (χ2n) is 6.98. The number of rotatable bonds is 5. The van der Waals surface area contributed by atoms with Gasteiger partial charge in [-0.15, -0.1) is 6.42 Å². The van der Waals surface area contributed by atoms with Gasteiger partial charge in [0.2, 0.25) is 5.91 Å². The lowest BCUT2D eigenvalue weighted by Crippen LogP contribution is -2.21. The van der Waals surface area contributed by atoms with Crippen LogP contribution < -0.4 is 11.1 Å². The van der Waals surface area contributed by atoms with Crippen molar-refractivity contribution >= 4 is 23.5 Å². The average Bonchev–Trinajstić information content (AvgIpc) is 2.78. The van der Waals surface area contributed by atoms with Gasteiger partial charge in [-0.3, -0.25) is 15.0 Å². The van der Waals surface area contributed by atoms with Crippen LogP contribution in [-0.4, -0.2) is 41.6 Å². The van der Waals surface area contributed by atoms with E-state index in [1.54, 1.807) is 43.3 Å². The fourth-order valence-corrected chi connectivity index (χ4v) is 2.94. The number of pyridine rings is 1. The van der Waals surface area contributed by atoms with E-state index >= 15 is 0 Å². The second kappa shape index (κ2) is 8.93. The number of primary amides is 1. The molecule has 3 aromatic rings. The van der Waals surface area contributed by atoms with Gasteiger partial charge in [0.25, 0.3) is 5.91 Å². The highest BCUT2D eigenvalue weighted by Crippen LogP contribution is 2.24. The molecule has 0 saturated carbocycles. The number of aromatic nitrogens is 1. The Morgan fingerprint density at radius 2 is 1.71 bits per heavy atom. The van der Waals surface area contributed by atoms with E-state index in [2.05, 4.69) is 16.2 Å².